The summed E-state index contributed by atoms with van der Waals surface area (Å²) in [5.41, 5.74) is 2.49. The van der Waals surface area contributed by atoms with Crippen LogP contribution < -0.4 is 5.32 Å². The molecule has 20 heavy (non-hydrogen) atoms. The number of rotatable bonds is 5. The highest BCUT2D eigenvalue weighted by Gasteiger charge is 2.05. The summed E-state index contributed by atoms with van der Waals surface area (Å²) >= 11 is 5.74. The zero-order chi connectivity index (χ0) is 14.4. The lowest BCUT2D eigenvalue weighted by molar-refractivity contribution is 0.0954. The molecule has 0 saturated carbocycles. The van der Waals surface area contributed by atoms with E-state index in [4.69, 9.17) is 16.7 Å². The first-order valence-electron chi connectivity index (χ1n) is 6.27. The smallest absolute Gasteiger partial charge is 0.251 e. The lowest BCUT2D eigenvalue weighted by Gasteiger charge is -2.06. The maximum absolute atomic E-state index is 11.9. The Labute approximate surface area is 122 Å². The minimum atomic E-state index is -0.165. The summed E-state index contributed by atoms with van der Waals surface area (Å²) in [4.78, 5) is 15.7. The van der Waals surface area contributed by atoms with Crippen molar-refractivity contribution in [2.24, 2.45) is 0 Å². The molecule has 2 N–H and O–H groups in total. The zero-order valence-electron chi connectivity index (χ0n) is 10.8. The molecule has 0 saturated heterocycles. The Balaban J connectivity index is 1.84. The van der Waals surface area contributed by atoms with Gasteiger partial charge in [-0.3, -0.25) is 4.79 Å². The summed E-state index contributed by atoms with van der Waals surface area (Å²) in [6.45, 7) is 0.580. The average molecular weight is 291 g/mol. The van der Waals surface area contributed by atoms with Crippen LogP contribution in [0.3, 0.4) is 0 Å². The van der Waals surface area contributed by atoms with Gasteiger partial charge in [0, 0.05) is 18.3 Å². The number of carbonyl (C=O) groups is 1. The van der Waals surface area contributed by atoms with Crippen LogP contribution in [-0.4, -0.2) is 22.5 Å². The largest absolute Gasteiger partial charge is 0.392 e. The standard InChI is InChI=1S/C15H15ClN2O2/c16-14-9-13(6-8-17-14)15(20)18-7-5-11-1-3-12(10-19)4-2-11/h1-4,6,8-9,19H,5,7,10H2,(H,18,20). The van der Waals surface area contributed by atoms with E-state index in [1.807, 2.05) is 24.3 Å². The van der Waals surface area contributed by atoms with Gasteiger partial charge in [-0.15, -0.1) is 0 Å². The molecule has 0 bridgehead atoms. The number of pyridine rings is 1. The number of aliphatic hydroxyl groups excluding tert-OH is 1. The minimum absolute atomic E-state index is 0.0415. The molecule has 0 fully saturated rings. The topological polar surface area (TPSA) is 62.2 Å². The second-order valence-electron chi connectivity index (χ2n) is 4.35. The fourth-order valence-corrected chi connectivity index (χ4v) is 1.95. The van der Waals surface area contributed by atoms with Gasteiger partial charge in [0.05, 0.1) is 6.61 Å². The molecule has 1 amide bonds. The Morgan fingerprint density at radius 2 is 1.90 bits per heavy atom. The van der Waals surface area contributed by atoms with Crippen LogP contribution >= 0.6 is 11.6 Å². The molecule has 1 aromatic heterocycles. The van der Waals surface area contributed by atoms with E-state index < -0.39 is 0 Å². The van der Waals surface area contributed by atoms with Gasteiger partial charge >= 0.3 is 0 Å². The third-order valence-corrected chi connectivity index (χ3v) is 3.10. The maximum Gasteiger partial charge on any atom is 0.251 e. The summed E-state index contributed by atoms with van der Waals surface area (Å²) in [5.74, 6) is -0.165. The number of nitrogens with one attached hydrogen (secondary N) is 1. The third-order valence-electron chi connectivity index (χ3n) is 2.89. The van der Waals surface area contributed by atoms with Crippen molar-refractivity contribution in [3.05, 3.63) is 64.4 Å². The summed E-state index contributed by atoms with van der Waals surface area (Å²) < 4.78 is 0. The second-order valence-corrected chi connectivity index (χ2v) is 4.74. The molecule has 0 unspecified atom stereocenters. The first kappa shape index (κ1) is 14.5. The second kappa shape index (κ2) is 7.03. The van der Waals surface area contributed by atoms with Crippen molar-refractivity contribution in [3.8, 4) is 0 Å². The van der Waals surface area contributed by atoms with E-state index in [2.05, 4.69) is 10.3 Å². The summed E-state index contributed by atoms with van der Waals surface area (Å²) in [6, 6.07) is 10.8. The predicted molar refractivity (Wildman–Crippen MR) is 77.6 cm³/mol. The van der Waals surface area contributed by atoms with Crippen molar-refractivity contribution in [3.63, 3.8) is 0 Å². The van der Waals surface area contributed by atoms with Gasteiger partial charge in [-0.25, -0.2) is 4.98 Å². The Morgan fingerprint density at radius 3 is 2.55 bits per heavy atom. The number of carbonyl (C=O) groups excluding carboxylic acids is 1. The predicted octanol–water partition coefficient (Wildman–Crippen LogP) is 2.20. The molecule has 0 radical (unpaired) electrons. The van der Waals surface area contributed by atoms with Crippen LogP contribution in [0, 0.1) is 0 Å². The van der Waals surface area contributed by atoms with Crippen molar-refractivity contribution >= 4 is 17.5 Å². The fourth-order valence-electron chi connectivity index (χ4n) is 1.78. The molecular weight excluding hydrogens is 276 g/mol. The van der Waals surface area contributed by atoms with Crippen molar-refractivity contribution in [2.45, 2.75) is 13.0 Å². The molecule has 0 atom stereocenters. The molecule has 2 aromatic rings. The Morgan fingerprint density at radius 1 is 1.20 bits per heavy atom. The van der Waals surface area contributed by atoms with E-state index in [9.17, 15) is 4.79 Å². The van der Waals surface area contributed by atoms with E-state index in [0.29, 0.717) is 17.3 Å². The molecule has 5 heteroatoms. The number of nitrogens with zero attached hydrogens (tertiary/aromatic N) is 1. The van der Waals surface area contributed by atoms with Gasteiger partial charge in [0.1, 0.15) is 5.15 Å². The lowest BCUT2D eigenvalue weighted by Crippen LogP contribution is -2.25. The summed E-state index contributed by atoms with van der Waals surface area (Å²) in [6.07, 6.45) is 2.24. The van der Waals surface area contributed by atoms with Crippen LogP contribution in [0.5, 0.6) is 0 Å². The number of benzene rings is 1. The minimum Gasteiger partial charge on any atom is -0.392 e. The highest BCUT2D eigenvalue weighted by molar-refractivity contribution is 6.29. The number of aliphatic hydroxyl groups is 1. The highest BCUT2D eigenvalue weighted by atomic mass is 35.5. The monoisotopic (exact) mass is 290 g/mol. The van der Waals surface area contributed by atoms with E-state index in [1.54, 1.807) is 6.07 Å². The molecule has 0 aliphatic rings. The molecule has 2 rings (SSSR count). The molecule has 104 valence electrons. The SMILES string of the molecule is O=C(NCCc1ccc(CO)cc1)c1ccnc(Cl)c1. The number of hydrogen-bond acceptors (Lipinski definition) is 3. The van der Waals surface area contributed by atoms with E-state index in [1.165, 1.54) is 12.3 Å². The van der Waals surface area contributed by atoms with Crippen molar-refractivity contribution < 1.29 is 9.90 Å². The van der Waals surface area contributed by atoms with Crippen LogP contribution in [0.2, 0.25) is 5.15 Å². The first-order valence-corrected chi connectivity index (χ1v) is 6.65. The van der Waals surface area contributed by atoms with Gasteiger partial charge in [-0.2, -0.15) is 0 Å². The van der Waals surface area contributed by atoms with Gasteiger partial charge in [0.2, 0.25) is 0 Å². The quantitative estimate of drug-likeness (QED) is 0.830. The van der Waals surface area contributed by atoms with Crippen LogP contribution in [0.4, 0.5) is 0 Å². The number of hydrogen-bond donors (Lipinski definition) is 2. The van der Waals surface area contributed by atoms with Crippen LogP contribution in [0.15, 0.2) is 42.6 Å². The van der Waals surface area contributed by atoms with Crippen molar-refractivity contribution in [2.75, 3.05) is 6.54 Å². The van der Waals surface area contributed by atoms with E-state index in [0.717, 1.165) is 17.5 Å². The maximum atomic E-state index is 11.9. The molecule has 4 nitrogen and oxygen atoms in total. The zero-order valence-corrected chi connectivity index (χ0v) is 11.6. The molecular formula is C15H15ClN2O2. The molecule has 0 aliphatic carbocycles. The fraction of sp³-hybridized carbons (Fsp3) is 0.200. The Bertz CT molecular complexity index is 585. The molecule has 1 aromatic carbocycles. The van der Waals surface area contributed by atoms with E-state index in [-0.39, 0.29) is 12.5 Å². The lowest BCUT2D eigenvalue weighted by atomic mass is 10.1. The number of amides is 1. The molecule has 0 spiro atoms. The van der Waals surface area contributed by atoms with Crippen LogP contribution in [0.25, 0.3) is 0 Å². The van der Waals surface area contributed by atoms with Crippen LogP contribution in [0.1, 0.15) is 21.5 Å². The highest BCUT2D eigenvalue weighted by Crippen LogP contribution is 2.07. The average Bonchev–Trinajstić information content (AvgIpc) is 2.48. The van der Waals surface area contributed by atoms with Gasteiger partial charge in [-0.05, 0) is 29.7 Å². The first-order chi connectivity index (χ1) is 9.69. The third kappa shape index (κ3) is 4.05. The Hall–Kier alpha value is -1.91. The van der Waals surface area contributed by atoms with Gasteiger partial charge in [-0.1, -0.05) is 35.9 Å². The Kier molecular flexibility index (Phi) is 5.09. The normalized spacial score (nSPS) is 10.3. The molecule has 0 aliphatic heterocycles. The summed E-state index contributed by atoms with van der Waals surface area (Å²) in [5, 5.41) is 12.1. The molecule has 1 heterocycles. The van der Waals surface area contributed by atoms with Crippen molar-refractivity contribution in [1.29, 1.82) is 0 Å². The number of halogens is 1. The number of aromatic nitrogens is 1. The van der Waals surface area contributed by atoms with Gasteiger partial charge in [0.25, 0.3) is 5.91 Å². The van der Waals surface area contributed by atoms with E-state index >= 15 is 0 Å². The van der Waals surface area contributed by atoms with Crippen LogP contribution in [-0.2, 0) is 13.0 Å². The summed E-state index contributed by atoms with van der Waals surface area (Å²) in [7, 11) is 0. The van der Waals surface area contributed by atoms with Crippen molar-refractivity contribution in [1.82, 2.24) is 10.3 Å². The van der Waals surface area contributed by atoms with Gasteiger partial charge < -0.3 is 10.4 Å². The van der Waals surface area contributed by atoms with Gasteiger partial charge in [0.15, 0.2) is 0 Å².